The Morgan fingerprint density at radius 1 is 1.47 bits per heavy atom. The molecule has 0 amide bonds. The van der Waals surface area contributed by atoms with E-state index in [1.54, 1.807) is 6.07 Å². The Morgan fingerprint density at radius 3 is 2.94 bits per heavy atom. The van der Waals surface area contributed by atoms with Gasteiger partial charge in [0, 0.05) is 10.9 Å². The maximum Gasteiger partial charge on any atom is 0.165 e. The fraction of sp³-hybridized carbons (Fsp3) is 0.250. The van der Waals surface area contributed by atoms with E-state index in [0.717, 1.165) is 28.4 Å². The molecule has 17 heavy (non-hydrogen) atoms. The highest BCUT2D eigenvalue weighted by molar-refractivity contribution is 7.80. The molecule has 1 aromatic carbocycles. The Kier molecular flexibility index (Phi) is 4.02. The van der Waals surface area contributed by atoms with Gasteiger partial charge in [0.15, 0.2) is 11.6 Å². The molecule has 1 aromatic heterocycles. The summed E-state index contributed by atoms with van der Waals surface area (Å²) in [6.07, 6.45) is 0.832. The normalized spacial score (nSPS) is 10.5. The second-order valence-corrected chi connectivity index (χ2v) is 4.77. The molecule has 0 saturated carbocycles. The number of rotatable bonds is 4. The van der Waals surface area contributed by atoms with Crippen LogP contribution >= 0.6 is 24.0 Å². The Morgan fingerprint density at radius 2 is 2.29 bits per heavy atom. The molecule has 0 fully saturated rings. The van der Waals surface area contributed by atoms with Crippen molar-refractivity contribution in [2.24, 2.45) is 0 Å². The third-order valence-electron chi connectivity index (χ3n) is 2.32. The lowest BCUT2D eigenvalue weighted by atomic mass is 10.2. The quantitative estimate of drug-likeness (QED) is 0.859. The highest BCUT2D eigenvalue weighted by atomic mass is 32.1. The predicted octanol–water partition coefficient (Wildman–Crippen LogP) is 3.43. The molecule has 0 saturated heterocycles. The summed E-state index contributed by atoms with van der Waals surface area (Å²) < 4.78 is 18.4. The summed E-state index contributed by atoms with van der Waals surface area (Å²) in [6, 6.07) is 4.87. The van der Waals surface area contributed by atoms with Crippen molar-refractivity contribution in [3.8, 4) is 16.3 Å². The molecule has 2 nitrogen and oxygen atoms in total. The summed E-state index contributed by atoms with van der Waals surface area (Å²) in [5.74, 6) is 0.650. The Balaban J connectivity index is 2.29. The van der Waals surface area contributed by atoms with Crippen molar-refractivity contribution in [3.63, 3.8) is 0 Å². The largest absolute Gasteiger partial charge is 0.494 e. The molecule has 0 aliphatic heterocycles. The van der Waals surface area contributed by atoms with Gasteiger partial charge in [0.05, 0.1) is 12.8 Å². The van der Waals surface area contributed by atoms with E-state index in [0.29, 0.717) is 0 Å². The third-order valence-corrected chi connectivity index (χ3v) is 3.48. The first-order valence-electron chi connectivity index (χ1n) is 5.13. The van der Waals surface area contributed by atoms with E-state index >= 15 is 0 Å². The average Bonchev–Trinajstić information content (AvgIpc) is 2.78. The van der Waals surface area contributed by atoms with Gasteiger partial charge >= 0.3 is 0 Å². The fourth-order valence-electron chi connectivity index (χ4n) is 1.47. The van der Waals surface area contributed by atoms with Gasteiger partial charge in [-0.2, -0.15) is 12.6 Å². The van der Waals surface area contributed by atoms with Crippen molar-refractivity contribution in [3.05, 3.63) is 35.1 Å². The van der Waals surface area contributed by atoms with Crippen LogP contribution < -0.4 is 4.74 Å². The molecule has 0 aliphatic carbocycles. The minimum atomic E-state index is -0.365. The van der Waals surface area contributed by atoms with Gasteiger partial charge in [-0.15, -0.1) is 11.3 Å². The molecule has 2 aromatic rings. The lowest BCUT2D eigenvalue weighted by Gasteiger charge is -2.02. The van der Waals surface area contributed by atoms with Crippen LogP contribution in [0.1, 0.15) is 5.69 Å². The van der Waals surface area contributed by atoms with Gasteiger partial charge in [-0.05, 0) is 30.4 Å². The lowest BCUT2D eigenvalue weighted by molar-refractivity contribution is 0.386. The summed E-state index contributed by atoms with van der Waals surface area (Å²) in [4.78, 5) is 4.43. The Labute approximate surface area is 109 Å². The Hall–Kier alpha value is -1.07. The van der Waals surface area contributed by atoms with Crippen molar-refractivity contribution in [2.45, 2.75) is 6.42 Å². The number of aromatic nitrogens is 1. The number of methoxy groups -OCH3 is 1. The molecule has 0 N–H and O–H groups in total. The smallest absolute Gasteiger partial charge is 0.165 e. The molecule has 1 heterocycles. The monoisotopic (exact) mass is 269 g/mol. The van der Waals surface area contributed by atoms with Crippen LogP contribution in [0.3, 0.4) is 0 Å². The number of benzene rings is 1. The molecule has 0 unspecified atom stereocenters. The lowest BCUT2D eigenvalue weighted by Crippen LogP contribution is -1.89. The first-order chi connectivity index (χ1) is 8.24. The molecule has 2 rings (SSSR count). The van der Waals surface area contributed by atoms with Crippen molar-refractivity contribution in [1.29, 1.82) is 0 Å². The molecule has 0 aliphatic rings. The Bertz CT molecular complexity index is 513. The topological polar surface area (TPSA) is 22.1 Å². The van der Waals surface area contributed by atoms with Gasteiger partial charge < -0.3 is 4.74 Å². The van der Waals surface area contributed by atoms with Crippen LogP contribution in [0, 0.1) is 5.82 Å². The summed E-state index contributed by atoms with van der Waals surface area (Å²) >= 11 is 5.67. The summed E-state index contributed by atoms with van der Waals surface area (Å²) in [5, 5.41) is 2.80. The van der Waals surface area contributed by atoms with Gasteiger partial charge in [-0.25, -0.2) is 9.37 Å². The molecular formula is C12H12FNOS2. The van der Waals surface area contributed by atoms with Crippen LogP contribution in [0.25, 0.3) is 10.6 Å². The first-order valence-corrected chi connectivity index (χ1v) is 6.65. The summed E-state index contributed by atoms with van der Waals surface area (Å²) in [7, 11) is 1.45. The highest BCUT2D eigenvalue weighted by Gasteiger charge is 2.08. The van der Waals surface area contributed by atoms with E-state index in [1.807, 2.05) is 11.4 Å². The SMILES string of the molecule is COc1ccc(-c2nc(CCS)cs2)cc1F. The zero-order valence-corrected chi connectivity index (χ0v) is 11.0. The molecular weight excluding hydrogens is 257 g/mol. The van der Waals surface area contributed by atoms with E-state index in [-0.39, 0.29) is 11.6 Å². The van der Waals surface area contributed by atoms with Crippen molar-refractivity contribution >= 4 is 24.0 Å². The zero-order chi connectivity index (χ0) is 12.3. The van der Waals surface area contributed by atoms with Crippen LogP contribution in [0.4, 0.5) is 4.39 Å². The van der Waals surface area contributed by atoms with Crippen LogP contribution in [-0.4, -0.2) is 17.8 Å². The minimum absolute atomic E-state index is 0.251. The number of thiol groups is 1. The minimum Gasteiger partial charge on any atom is -0.494 e. The number of halogens is 1. The maximum absolute atomic E-state index is 13.5. The van der Waals surface area contributed by atoms with E-state index in [4.69, 9.17) is 4.74 Å². The number of hydrogen-bond donors (Lipinski definition) is 1. The standard InChI is InChI=1S/C12H12FNOS2/c1-15-11-3-2-8(6-10(11)13)12-14-9(4-5-16)7-17-12/h2-3,6-7,16H,4-5H2,1H3. The van der Waals surface area contributed by atoms with Gasteiger partial charge in [-0.3, -0.25) is 0 Å². The van der Waals surface area contributed by atoms with E-state index in [2.05, 4.69) is 17.6 Å². The second-order valence-electron chi connectivity index (χ2n) is 3.47. The van der Waals surface area contributed by atoms with E-state index < -0.39 is 0 Å². The predicted molar refractivity (Wildman–Crippen MR) is 71.6 cm³/mol. The van der Waals surface area contributed by atoms with Crippen LogP contribution in [-0.2, 0) is 6.42 Å². The number of nitrogens with zero attached hydrogens (tertiary/aromatic N) is 1. The van der Waals surface area contributed by atoms with Gasteiger partial charge in [0.1, 0.15) is 5.01 Å². The van der Waals surface area contributed by atoms with E-state index in [1.165, 1.54) is 24.5 Å². The highest BCUT2D eigenvalue weighted by Crippen LogP contribution is 2.28. The number of ether oxygens (including phenoxy) is 1. The number of aryl methyl sites for hydroxylation is 1. The molecule has 5 heteroatoms. The molecule has 0 radical (unpaired) electrons. The van der Waals surface area contributed by atoms with Crippen LogP contribution in [0.2, 0.25) is 0 Å². The van der Waals surface area contributed by atoms with Gasteiger partial charge in [-0.1, -0.05) is 0 Å². The number of hydrogen-bond acceptors (Lipinski definition) is 4. The first kappa shape index (κ1) is 12.4. The van der Waals surface area contributed by atoms with Crippen molar-refractivity contribution < 1.29 is 9.13 Å². The van der Waals surface area contributed by atoms with E-state index in [9.17, 15) is 4.39 Å². The zero-order valence-electron chi connectivity index (χ0n) is 9.31. The summed E-state index contributed by atoms with van der Waals surface area (Å²) in [6.45, 7) is 0. The van der Waals surface area contributed by atoms with Crippen LogP contribution in [0.5, 0.6) is 5.75 Å². The van der Waals surface area contributed by atoms with Crippen molar-refractivity contribution in [2.75, 3.05) is 12.9 Å². The maximum atomic E-state index is 13.5. The third kappa shape index (κ3) is 2.79. The number of thiazole rings is 1. The second kappa shape index (κ2) is 5.51. The van der Waals surface area contributed by atoms with Crippen molar-refractivity contribution in [1.82, 2.24) is 4.98 Å². The van der Waals surface area contributed by atoms with Gasteiger partial charge in [0.2, 0.25) is 0 Å². The summed E-state index contributed by atoms with van der Waals surface area (Å²) in [5.41, 5.74) is 1.77. The average molecular weight is 269 g/mol. The fourth-order valence-corrected chi connectivity index (χ4v) is 2.55. The van der Waals surface area contributed by atoms with Gasteiger partial charge in [0.25, 0.3) is 0 Å². The van der Waals surface area contributed by atoms with Crippen LogP contribution in [0.15, 0.2) is 23.6 Å². The molecule has 0 spiro atoms. The molecule has 0 atom stereocenters. The molecule has 90 valence electrons. The molecule has 0 bridgehead atoms.